The van der Waals surface area contributed by atoms with Crippen molar-refractivity contribution in [2.75, 3.05) is 0 Å². The van der Waals surface area contributed by atoms with Crippen molar-refractivity contribution in [3.63, 3.8) is 0 Å². The maximum atomic E-state index is 12.8. The molecule has 2 rings (SSSR count). The molecule has 0 amide bonds. The molecule has 0 radical (unpaired) electrons. The maximum Gasteiger partial charge on any atom is 0.164 e. The van der Waals surface area contributed by atoms with Gasteiger partial charge < -0.3 is 0 Å². The van der Waals surface area contributed by atoms with Gasteiger partial charge in [-0.25, -0.2) is 4.39 Å². The van der Waals surface area contributed by atoms with Crippen molar-refractivity contribution >= 4 is 17.1 Å². The minimum atomic E-state index is -0.471. The van der Waals surface area contributed by atoms with Gasteiger partial charge in [-0.1, -0.05) is 0 Å². The molecule has 0 bridgehead atoms. The Morgan fingerprint density at radius 2 is 2.31 bits per heavy atom. The van der Waals surface area contributed by atoms with Crippen LogP contribution in [0.2, 0.25) is 0 Å². The molecule has 0 atom stereocenters. The zero-order valence-corrected chi connectivity index (χ0v) is 9.34. The normalized spacial score (nSPS) is 10.3. The lowest BCUT2D eigenvalue weighted by Crippen LogP contribution is -2.02. The molecule has 2 aromatic heterocycles. The quantitative estimate of drug-likeness (QED) is 0.762. The fraction of sp³-hybridized carbons (Fsp3) is 0.167. The van der Waals surface area contributed by atoms with Crippen LogP contribution in [0.4, 0.5) is 4.39 Å². The van der Waals surface area contributed by atoms with E-state index in [0.717, 1.165) is 11.8 Å². The lowest BCUT2D eigenvalue weighted by atomic mass is 10.1. The average molecular weight is 235 g/mol. The Balaban J connectivity index is 1.98. The fourth-order valence-electron chi connectivity index (χ4n) is 1.40. The number of aromatic nitrogens is 1. The molecule has 0 spiro atoms. The highest BCUT2D eigenvalue weighted by Crippen LogP contribution is 2.11. The topological polar surface area (TPSA) is 30.0 Å². The number of thiophene rings is 1. The van der Waals surface area contributed by atoms with Crippen LogP contribution in [0.3, 0.4) is 0 Å². The predicted octanol–water partition coefficient (Wildman–Crippen LogP) is 3.10. The summed E-state index contributed by atoms with van der Waals surface area (Å²) in [5.41, 5.74) is 1.48. The highest BCUT2D eigenvalue weighted by Gasteiger charge is 2.07. The molecule has 82 valence electrons. The molecule has 2 aromatic rings. The second-order valence-corrected chi connectivity index (χ2v) is 4.23. The van der Waals surface area contributed by atoms with Crippen LogP contribution in [0.5, 0.6) is 0 Å². The summed E-state index contributed by atoms with van der Waals surface area (Å²) >= 11 is 1.61. The minimum absolute atomic E-state index is 0.0711. The predicted molar refractivity (Wildman–Crippen MR) is 61.2 cm³/mol. The summed E-state index contributed by atoms with van der Waals surface area (Å²) < 4.78 is 12.8. The fourth-order valence-corrected chi connectivity index (χ4v) is 2.10. The molecule has 0 aliphatic rings. The van der Waals surface area contributed by atoms with Crippen LogP contribution < -0.4 is 0 Å². The second-order valence-electron chi connectivity index (χ2n) is 3.45. The maximum absolute atomic E-state index is 12.8. The monoisotopic (exact) mass is 235 g/mol. The van der Waals surface area contributed by atoms with Crippen LogP contribution in [0.15, 0.2) is 35.3 Å². The van der Waals surface area contributed by atoms with Crippen molar-refractivity contribution in [2.24, 2.45) is 0 Å². The second kappa shape index (κ2) is 4.99. The van der Waals surface area contributed by atoms with Gasteiger partial charge in [-0.15, -0.1) is 0 Å². The van der Waals surface area contributed by atoms with Crippen LogP contribution >= 0.6 is 11.3 Å². The molecule has 0 unspecified atom stereocenters. The van der Waals surface area contributed by atoms with Gasteiger partial charge >= 0.3 is 0 Å². The van der Waals surface area contributed by atoms with Crippen LogP contribution in [0.25, 0.3) is 0 Å². The first-order valence-corrected chi connectivity index (χ1v) is 5.85. The third kappa shape index (κ3) is 2.73. The van der Waals surface area contributed by atoms with Gasteiger partial charge in [0, 0.05) is 18.2 Å². The molecule has 0 aliphatic heterocycles. The van der Waals surface area contributed by atoms with Crippen molar-refractivity contribution in [3.8, 4) is 0 Å². The number of halogens is 1. The van der Waals surface area contributed by atoms with E-state index < -0.39 is 5.82 Å². The lowest BCUT2D eigenvalue weighted by molar-refractivity contribution is 0.0982. The molecule has 0 fully saturated rings. The number of hydrogen-bond acceptors (Lipinski definition) is 3. The number of pyridine rings is 1. The summed E-state index contributed by atoms with van der Waals surface area (Å²) in [6, 6.07) is 3.21. The number of carbonyl (C=O) groups is 1. The zero-order chi connectivity index (χ0) is 11.4. The van der Waals surface area contributed by atoms with E-state index in [2.05, 4.69) is 4.98 Å². The van der Waals surface area contributed by atoms with E-state index in [1.54, 1.807) is 11.3 Å². The van der Waals surface area contributed by atoms with E-state index in [0.29, 0.717) is 18.4 Å². The molecule has 4 heteroatoms. The molecular formula is C12H10FNOS. The van der Waals surface area contributed by atoms with Gasteiger partial charge in [-0.2, -0.15) is 11.3 Å². The van der Waals surface area contributed by atoms with Gasteiger partial charge in [0.05, 0.1) is 6.20 Å². The molecule has 2 nitrogen and oxygen atoms in total. The number of nitrogens with zero attached hydrogens (tertiary/aromatic N) is 1. The van der Waals surface area contributed by atoms with Crippen molar-refractivity contribution in [2.45, 2.75) is 12.8 Å². The van der Waals surface area contributed by atoms with E-state index in [1.165, 1.54) is 12.3 Å². The van der Waals surface area contributed by atoms with Crippen LogP contribution in [0.1, 0.15) is 22.3 Å². The number of carbonyl (C=O) groups excluding carboxylic acids is 1. The van der Waals surface area contributed by atoms with Gasteiger partial charge in [-0.3, -0.25) is 9.78 Å². The van der Waals surface area contributed by atoms with Gasteiger partial charge in [0.2, 0.25) is 0 Å². The van der Waals surface area contributed by atoms with Crippen molar-refractivity contribution in [1.82, 2.24) is 4.98 Å². The summed E-state index contributed by atoms with van der Waals surface area (Å²) in [4.78, 5) is 15.3. The molecule has 2 heterocycles. The van der Waals surface area contributed by atoms with E-state index in [-0.39, 0.29) is 5.78 Å². The van der Waals surface area contributed by atoms with Crippen LogP contribution in [-0.2, 0) is 6.42 Å². The number of aryl methyl sites for hydroxylation is 1. The molecule has 0 N–H and O–H groups in total. The van der Waals surface area contributed by atoms with E-state index in [1.807, 2.05) is 16.8 Å². The van der Waals surface area contributed by atoms with E-state index in [4.69, 9.17) is 0 Å². The Labute approximate surface area is 96.8 Å². The first-order chi connectivity index (χ1) is 7.75. The Hall–Kier alpha value is -1.55. The van der Waals surface area contributed by atoms with Crippen molar-refractivity contribution in [1.29, 1.82) is 0 Å². The number of ketones is 1. The zero-order valence-electron chi connectivity index (χ0n) is 8.52. The third-order valence-electron chi connectivity index (χ3n) is 2.25. The molecule has 0 aromatic carbocycles. The van der Waals surface area contributed by atoms with E-state index in [9.17, 15) is 9.18 Å². The Morgan fingerprint density at radius 3 is 3.00 bits per heavy atom. The number of rotatable bonds is 4. The molecule has 16 heavy (non-hydrogen) atoms. The number of Topliss-reactive ketones (excluding diaryl/α,β-unsaturated/α-hetero) is 1. The Kier molecular flexibility index (Phi) is 3.41. The smallest absolute Gasteiger partial charge is 0.164 e. The largest absolute Gasteiger partial charge is 0.294 e. The molecular weight excluding hydrogens is 225 g/mol. The highest BCUT2D eigenvalue weighted by molar-refractivity contribution is 7.07. The summed E-state index contributed by atoms with van der Waals surface area (Å²) in [5.74, 6) is -0.542. The molecule has 0 saturated heterocycles. The molecule has 0 aliphatic carbocycles. The summed E-state index contributed by atoms with van der Waals surface area (Å²) in [6.07, 6.45) is 3.58. The number of hydrogen-bond donors (Lipinski definition) is 0. The third-order valence-corrected chi connectivity index (χ3v) is 2.98. The summed E-state index contributed by atoms with van der Waals surface area (Å²) in [6.45, 7) is 0. The Morgan fingerprint density at radius 1 is 1.44 bits per heavy atom. The van der Waals surface area contributed by atoms with Crippen molar-refractivity contribution in [3.05, 3.63) is 52.2 Å². The summed E-state index contributed by atoms with van der Waals surface area (Å²) in [5, 5.41) is 3.99. The van der Waals surface area contributed by atoms with Gasteiger partial charge in [-0.05, 0) is 34.9 Å². The van der Waals surface area contributed by atoms with Gasteiger partial charge in [0.15, 0.2) is 5.78 Å². The lowest BCUT2D eigenvalue weighted by Gasteiger charge is -1.99. The average Bonchev–Trinajstić information content (AvgIpc) is 2.78. The van der Waals surface area contributed by atoms with Gasteiger partial charge in [0.1, 0.15) is 5.82 Å². The van der Waals surface area contributed by atoms with Crippen LogP contribution in [-0.4, -0.2) is 10.8 Å². The van der Waals surface area contributed by atoms with Crippen LogP contribution in [0, 0.1) is 5.82 Å². The van der Waals surface area contributed by atoms with Gasteiger partial charge in [0.25, 0.3) is 0 Å². The minimum Gasteiger partial charge on any atom is -0.294 e. The molecule has 0 saturated carbocycles. The standard InChI is InChI=1S/C12H10FNOS/c13-11-5-10(6-14-7-11)12(15)2-1-9-3-4-16-8-9/h3-8H,1-2H2. The Bertz CT molecular complexity index is 482. The van der Waals surface area contributed by atoms with Crippen molar-refractivity contribution < 1.29 is 9.18 Å². The first-order valence-electron chi connectivity index (χ1n) is 4.90. The van der Waals surface area contributed by atoms with E-state index >= 15 is 0 Å². The SMILES string of the molecule is O=C(CCc1ccsc1)c1cncc(F)c1. The highest BCUT2D eigenvalue weighted by atomic mass is 32.1. The summed E-state index contributed by atoms with van der Waals surface area (Å²) in [7, 11) is 0. The first kappa shape index (κ1) is 11.0.